The Morgan fingerprint density at radius 1 is 1.32 bits per heavy atom. The highest BCUT2D eigenvalue weighted by Crippen LogP contribution is 2.23. The fourth-order valence-corrected chi connectivity index (χ4v) is 3.12. The van der Waals surface area contributed by atoms with E-state index in [1.54, 1.807) is 6.07 Å². The molecule has 0 atom stereocenters. The van der Waals surface area contributed by atoms with Gasteiger partial charge in [-0.15, -0.1) is 11.3 Å². The average molecular weight is 292 g/mol. The first-order valence-corrected chi connectivity index (χ1v) is 6.87. The lowest BCUT2D eigenvalue weighted by Crippen LogP contribution is -2.19. The van der Waals surface area contributed by atoms with Crippen LogP contribution in [0.5, 0.6) is 0 Å². The molecule has 3 aromatic rings. The Kier molecular flexibility index (Phi) is 2.88. The van der Waals surface area contributed by atoms with Gasteiger partial charge in [-0.05, 0) is 25.5 Å². The number of rotatable bonds is 1. The molecule has 0 fully saturated rings. The highest BCUT2D eigenvalue weighted by atomic mass is 35.5. The third-order valence-corrected chi connectivity index (χ3v) is 4.11. The lowest BCUT2D eigenvalue weighted by molar-refractivity contribution is 0.951. The van der Waals surface area contributed by atoms with Crippen molar-refractivity contribution in [1.82, 2.24) is 14.5 Å². The molecule has 4 nitrogen and oxygen atoms in total. The molecule has 1 aromatic carbocycles. The summed E-state index contributed by atoms with van der Waals surface area (Å²) in [6, 6.07) is 5.53. The third-order valence-electron chi connectivity index (χ3n) is 2.85. The minimum atomic E-state index is -0.133. The zero-order chi connectivity index (χ0) is 13.6. The number of nitrogens with zero attached hydrogens (tertiary/aromatic N) is 3. The number of hydrogen-bond donors (Lipinski definition) is 0. The zero-order valence-electron chi connectivity index (χ0n) is 10.3. The fourth-order valence-electron chi connectivity index (χ4n) is 2.00. The minimum absolute atomic E-state index is 0.133. The van der Waals surface area contributed by atoms with E-state index < -0.39 is 0 Å². The van der Waals surface area contributed by atoms with Gasteiger partial charge in [0.05, 0.1) is 15.7 Å². The molecule has 0 saturated heterocycles. The molecule has 2 heterocycles. The van der Waals surface area contributed by atoms with E-state index in [1.807, 2.05) is 26.0 Å². The molecule has 0 aliphatic carbocycles. The van der Waals surface area contributed by atoms with Crippen molar-refractivity contribution in [2.45, 2.75) is 13.8 Å². The van der Waals surface area contributed by atoms with Crippen LogP contribution in [0.15, 0.2) is 29.3 Å². The molecule has 2 aromatic heterocycles. The predicted molar refractivity (Wildman–Crippen MR) is 77.5 cm³/mol. The second-order valence-corrected chi connectivity index (χ2v) is 5.82. The monoisotopic (exact) mass is 291 g/mol. The second kappa shape index (κ2) is 4.43. The number of halogens is 1. The first-order chi connectivity index (χ1) is 9.08. The maximum Gasteiger partial charge on any atom is 0.277 e. The number of hydrogen-bond acceptors (Lipinski definition) is 4. The number of aryl methyl sites for hydroxylation is 2. The summed E-state index contributed by atoms with van der Waals surface area (Å²) in [4.78, 5) is 20.9. The quantitative estimate of drug-likeness (QED) is 0.692. The topological polar surface area (TPSA) is 47.8 Å². The van der Waals surface area contributed by atoms with Crippen molar-refractivity contribution in [3.63, 3.8) is 0 Å². The molecule has 0 spiro atoms. The maximum atomic E-state index is 12.5. The summed E-state index contributed by atoms with van der Waals surface area (Å²) in [5.74, 6) is 0. The summed E-state index contributed by atoms with van der Waals surface area (Å²) in [5, 5.41) is 1.36. The van der Waals surface area contributed by atoms with Crippen molar-refractivity contribution < 1.29 is 0 Å². The number of para-hydroxylation sites is 1. The molecule has 0 bridgehead atoms. The molecule has 0 amide bonds. The summed E-state index contributed by atoms with van der Waals surface area (Å²) in [6.45, 7) is 3.77. The maximum absolute atomic E-state index is 12.5. The van der Waals surface area contributed by atoms with Gasteiger partial charge in [0.15, 0.2) is 5.65 Å². The Balaban J connectivity index is 2.38. The SMILES string of the molecule is Cc1nc2ncn(-c3c(C)cccc3Cl)c(=O)c2s1. The van der Waals surface area contributed by atoms with Crippen LogP contribution in [-0.4, -0.2) is 14.5 Å². The predicted octanol–water partition coefficient (Wildman–Crippen LogP) is 3.11. The van der Waals surface area contributed by atoms with Gasteiger partial charge < -0.3 is 0 Å². The molecular formula is C13H10ClN3OS. The summed E-state index contributed by atoms with van der Waals surface area (Å²) in [6.07, 6.45) is 1.48. The van der Waals surface area contributed by atoms with Gasteiger partial charge in [-0.1, -0.05) is 23.7 Å². The number of thiazole rings is 1. The lowest BCUT2D eigenvalue weighted by Gasteiger charge is -2.10. The van der Waals surface area contributed by atoms with Crippen molar-refractivity contribution in [3.8, 4) is 5.69 Å². The van der Waals surface area contributed by atoms with E-state index >= 15 is 0 Å². The van der Waals surface area contributed by atoms with Crippen LogP contribution in [0.4, 0.5) is 0 Å². The summed E-state index contributed by atoms with van der Waals surface area (Å²) in [5.41, 5.74) is 1.96. The van der Waals surface area contributed by atoms with Crippen molar-refractivity contribution >= 4 is 33.3 Å². The Bertz CT molecular complexity index is 817. The first kappa shape index (κ1) is 12.3. The Labute approximate surface area is 118 Å². The molecule has 96 valence electrons. The van der Waals surface area contributed by atoms with Gasteiger partial charge in [-0.2, -0.15) is 0 Å². The molecule has 0 aliphatic rings. The molecule has 0 unspecified atom stereocenters. The zero-order valence-corrected chi connectivity index (χ0v) is 11.9. The van der Waals surface area contributed by atoms with Gasteiger partial charge in [0.1, 0.15) is 11.0 Å². The molecule has 19 heavy (non-hydrogen) atoms. The summed E-state index contributed by atoms with van der Waals surface area (Å²) >= 11 is 7.54. The van der Waals surface area contributed by atoms with Crippen molar-refractivity contribution in [2.24, 2.45) is 0 Å². The average Bonchev–Trinajstić information content (AvgIpc) is 2.73. The van der Waals surface area contributed by atoms with Crippen LogP contribution < -0.4 is 5.56 Å². The van der Waals surface area contributed by atoms with Crippen LogP contribution in [0.2, 0.25) is 5.02 Å². The van der Waals surface area contributed by atoms with Gasteiger partial charge in [-0.3, -0.25) is 9.36 Å². The Morgan fingerprint density at radius 3 is 2.84 bits per heavy atom. The van der Waals surface area contributed by atoms with E-state index in [9.17, 15) is 4.79 Å². The first-order valence-electron chi connectivity index (χ1n) is 5.68. The minimum Gasteiger partial charge on any atom is -0.267 e. The van der Waals surface area contributed by atoms with Gasteiger partial charge in [0.2, 0.25) is 0 Å². The van der Waals surface area contributed by atoms with Gasteiger partial charge in [-0.25, -0.2) is 9.97 Å². The van der Waals surface area contributed by atoms with Crippen LogP contribution in [0, 0.1) is 13.8 Å². The van der Waals surface area contributed by atoms with Crippen LogP contribution >= 0.6 is 22.9 Å². The number of aromatic nitrogens is 3. The smallest absolute Gasteiger partial charge is 0.267 e. The van der Waals surface area contributed by atoms with Crippen LogP contribution in [0.3, 0.4) is 0 Å². The standard InChI is InChI=1S/C13H10ClN3OS/c1-7-4-3-5-9(14)10(7)17-6-15-12-11(13(17)18)19-8(2)16-12/h3-6H,1-2H3. The molecule has 3 rings (SSSR count). The van der Waals surface area contributed by atoms with Crippen LogP contribution in [0.25, 0.3) is 16.0 Å². The number of benzene rings is 1. The van der Waals surface area contributed by atoms with Crippen molar-refractivity contribution in [3.05, 3.63) is 50.5 Å². The Hall–Kier alpha value is -1.72. The molecule has 0 aliphatic heterocycles. The molecule has 0 radical (unpaired) electrons. The molecule has 6 heteroatoms. The Morgan fingerprint density at radius 2 is 2.11 bits per heavy atom. The largest absolute Gasteiger partial charge is 0.277 e. The molecule has 0 N–H and O–H groups in total. The fraction of sp³-hybridized carbons (Fsp3) is 0.154. The molecule has 0 saturated carbocycles. The van der Waals surface area contributed by atoms with E-state index in [2.05, 4.69) is 9.97 Å². The van der Waals surface area contributed by atoms with Crippen molar-refractivity contribution in [2.75, 3.05) is 0 Å². The number of fused-ring (bicyclic) bond motifs is 1. The van der Waals surface area contributed by atoms with E-state index in [0.717, 1.165) is 10.6 Å². The van der Waals surface area contributed by atoms with Crippen LogP contribution in [-0.2, 0) is 0 Å². The van der Waals surface area contributed by atoms with E-state index in [4.69, 9.17) is 11.6 Å². The summed E-state index contributed by atoms with van der Waals surface area (Å²) in [7, 11) is 0. The van der Waals surface area contributed by atoms with Gasteiger partial charge in [0.25, 0.3) is 5.56 Å². The van der Waals surface area contributed by atoms with E-state index in [0.29, 0.717) is 21.1 Å². The highest BCUT2D eigenvalue weighted by Gasteiger charge is 2.13. The lowest BCUT2D eigenvalue weighted by atomic mass is 10.2. The van der Waals surface area contributed by atoms with E-state index in [1.165, 1.54) is 22.2 Å². The van der Waals surface area contributed by atoms with E-state index in [-0.39, 0.29) is 5.56 Å². The van der Waals surface area contributed by atoms with Gasteiger partial charge in [0, 0.05) is 0 Å². The normalized spacial score (nSPS) is 11.1. The second-order valence-electron chi connectivity index (χ2n) is 4.21. The summed E-state index contributed by atoms with van der Waals surface area (Å²) < 4.78 is 2.04. The third kappa shape index (κ3) is 1.95. The van der Waals surface area contributed by atoms with Crippen LogP contribution in [0.1, 0.15) is 10.6 Å². The highest BCUT2D eigenvalue weighted by molar-refractivity contribution is 7.18. The van der Waals surface area contributed by atoms with Gasteiger partial charge >= 0.3 is 0 Å². The van der Waals surface area contributed by atoms with Crippen molar-refractivity contribution in [1.29, 1.82) is 0 Å². The molecular weight excluding hydrogens is 282 g/mol.